The Hall–Kier alpha value is -2.26. The lowest BCUT2D eigenvalue weighted by atomic mass is 9.95. The molecule has 1 aliphatic heterocycles. The molecule has 3 rings (SSSR count). The van der Waals surface area contributed by atoms with Crippen molar-refractivity contribution in [2.75, 3.05) is 18.9 Å². The van der Waals surface area contributed by atoms with Crippen LogP contribution in [0.3, 0.4) is 0 Å². The van der Waals surface area contributed by atoms with Crippen LogP contribution in [0.5, 0.6) is 0 Å². The number of fused-ring (bicyclic) bond motifs is 1. The number of anilines is 1. The Labute approximate surface area is 138 Å². The highest BCUT2D eigenvalue weighted by Gasteiger charge is 2.44. The molecule has 2 aromatic rings. The second-order valence-corrected chi connectivity index (χ2v) is 5.78. The number of unbranched alkanes of at least 4 members (excludes halogenated alkanes) is 1. The molecule has 1 aliphatic rings. The topological polar surface area (TPSA) is 125 Å². The summed E-state index contributed by atoms with van der Waals surface area (Å²) in [6, 6.07) is 0. The molecule has 130 valence electrons. The lowest BCUT2D eigenvalue weighted by Gasteiger charge is -2.43. The van der Waals surface area contributed by atoms with E-state index in [0.29, 0.717) is 23.4 Å². The maximum Gasteiger partial charge on any atom is 0.305 e. The Morgan fingerprint density at radius 3 is 3.04 bits per heavy atom. The average molecular weight is 335 g/mol. The van der Waals surface area contributed by atoms with Crippen LogP contribution in [0.1, 0.15) is 32.4 Å². The molecular formula is C15H21N5O4. The Kier molecular flexibility index (Phi) is 4.91. The van der Waals surface area contributed by atoms with Gasteiger partial charge in [-0.1, -0.05) is 13.3 Å². The van der Waals surface area contributed by atoms with Gasteiger partial charge in [-0.05, 0) is 6.42 Å². The Morgan fingerprint density at radius 1 is 1.46 bits per heavy atom. The number of rotatable bonds is 7. The van der Waals surface area contributed by atoms with Gasteiger partial charge >= 0.3 is 5.97 Å². The van der Waals surface area contributed by atoms with Crippen molar-refractivity contribution in [3.05, 3.63) is 12.7 Å². The monoisotopic (exact) mass is 335 g/mol. The highest BCUT2D eigenvalue weighted by Crippen LogP contribution is 2.38. The van der Waals surface area contributed by atoms with Crippen molar-refractivity contribution in [3.63, 3.8) is 0 Å². The maximum atomic E-state index is 11.6. The minimum atomic E-state index is -0.423. The molecule has 9 nitrogen and oxygen atoms in total. The largest absolute Gasteiger partial charge is 0.463 e. The van der Waals surface area contributed by atoms with Crippen molar-refractivity contribution in [1.82, 2.24) is 19.5 Å². The normalized spacial score (nSPS) is 23.2. The summed E-state index contributed by atoms with van der Waals surface area (Å²) in [7, 11) is 0. The highest BCUT2D eigenvalue weighted by molar-refractivity contribution is 5.81. The van der Waals surface area contributed by atoms with Crippen LogP contribution < -0.4 is 5.73 Å². The molecule has 0 aromatic carbocycles. The van der Waals surface area contributed by atoms with Gasteiger partial charge in [0.15, 0.2) is 11.5 Å². The molecule has 24 heavy (non-hydrogen) atoms. The quantitative estimate of drug-likeness (QED) is 0.706. The van der Waals surface area contributed by atoms with E-state index >= 15 is 0 Å². The lowest BCUT2D eigenvalue weighted by molar-refractivity contribution is -0.247. The fraction of sp³-hybridized carbons (Fsp3) is 0.600. The highest BCUT2D eigenvalue weighted by atomic mass is 16.6. The summed E-state index contributed by atoms with van der Waals surface area (Å²) >= 11 is 0. The summed E-state index contributed by atoms with van der Waals surface area (Å²) in [5, 5.41) is 9.65. The summed E-state index contributed by atoms with van der Waals surface area (Å²) in [5.41, 5.74) is 6.81. The van der Waals surface area contributed by atoms with Crippen LogP contribution in [0.25, 0.3) is 11.2 Å². The summed E-state index contributed by atoms with van der Waals surface area (Å²) in [5.74, 6) is -0.160. The molecular weight excluding hydrogens is 314 g/mol. The SMILES string of the molecule is CCCCC(=O)OC[C@H]1O[C@@H](n2cnc3c(N)ncnc32)[C@@H]1CO. The van der Waals surface area contributed by atoms with E-state index in [0.717, 1.165) is 12.8 Å². The number of ether oxygens (including phenoxy) is 2. The van der Waals surface area contributed by atoms with Gasteiger partial charge in [0.2, 0.25) is 0 Å². The molecule has 1 fully saturated rings. The molecule has 0 amide bonds. The van der Waals surface area contributed by atoms with Crippen LogP contribution >= 0.6 is 0 Å². The standard InChI is InChI=1S/C15H21N5O4/c1-2-3-4-11(22)23-6-10-9(5-21)15(24-10)20-8-19-12-13(16)17-7-18-14(12)20/h7-10,15,21H,2-6H2,1H3,(H2,16,17,18)/t9-,10-,15-/m1/s1. The fourth-order valence-electron chi connectivity index (χ4n) is 2.74. The van der Waals surface area contributed by atoms with E-state index in [2.05, 4.69) is 15.0 Å². The number of aromatic nitrogens is 4. The third-order valence-corrected chi connectivity index (χ3v) is 4.17. The van der Waals surface area contributed by atoms with Crippen molar-refractivity contribution >= 4 is 23.0 Å². The molecule has 3 N–H and O–H groups in total. The molecule has 3 atom stereocenters. The van der Waals surface area contributed by atoms with E-state index in [1.54, 1.807) is 10.9 Å². The number of aliphatic hydroxyl groups excluding tert-OH is 1. The van der Waals surface area contributed by atoms with Crippen molar-refractivity contribution in [1.29, 1.82) is 0 Å². The first-order valence-corrected chi connectivity index (χ1v) is 8.00. The maximum absolute atomic E-state index is 11.6. The van der Waals surface area contributed by atoms with Gasteiger partial charge in [-0.3, -0.25) is 9.36 Å². The molecule has 3 heterocycles. The van der Waals surface area contributed by atoms with E-state index in [-0.39, 0.29) is 31.2 Å². The molecule has 0 unspecified atom stereocenters. The molecule has 1 saturated heterocycles. The number of hydrogen-bond acceptors (Lipinski definition) is 8. The first-order valence-electron chi connectivity index (χ1n) is 8.00. The molecule has 0 spiro atoms. The van der Waals surface area contributed by atoms with Crippen LogP contribution in [-0.2, 0) is 14.3 Å². The van der Waals surface area contributed by atoms with Gasteiger partial charge in [0.25, 0.3) is 0 Å². The van der Waals surface area contributed by atoms with Gasteiger partial charge in [-0.25, -0.2) is 15.0 Å². The number of carbonyl (C=O) groups is 1. The zero-order valence-electron chi connectivity index (χ0n) is 13.5. The first kappa shape index (κ1) is 16.6. The number of nitrogens with two attached hydrogens (primary N) is 1. The van der Waals surface area contributed by atoms with Crippen molar-refractivity contribution in [3.8, 4) is 0 Å². The molecule has 0 radical (unpaired) electrons. The van der Waals surface area contributed by atoms with Crippen LogP contribution in [0.4, 0.5) is 5.82 Å². The van der Waals surface area contributed by atoms with Crippen molar-refractivity contribution in [2.45, 2.75) is 38.5 Å². The fourth-order valence-corrected chi connectivity index (χ4v) is 2.74. The minimum absolute atomic E-state index is 0.0952. The number of nitrogen functional groups attached to an aromatic ring is 1. The minimum Gasteiger partial charge on any atom is -0.463 e. The van der Waals surface area contributed by atoms with Crippen LogP contribution in [-0.4, -0.2) is 49.9 Å². The number of carbonyl (C=O) groups excluding carboxylic acids is 1. The Balaban J connectivity index is 1.64. The lowest BCUT2D eigenvalue weighted by Crippen LogP contribution is -2.50. The number of aliphatic hydroxyl groups is 1. The van der Waals surface area contributed by atoms with Gasteiger partial charge in [0.1, 0.15) is 30.8 Å². The smallest absolute Gasteiger partial charge is 0.305 e. The van der Waals surface area contributed by atoms with Gasteiger partial charge in [-0.15, -0.1) is 0 Å². The predicted molar refractivity (Wildman–Crippen MR) is 84.7 cm³/mol. The van der Waals surface area contributed by atoms with Gasteiger partial charge < -0.3 is 20.3 Å². The van der Waals surface area contributed by atoms with E-state index in [1.165, 1.54) is 6.33 Å². The third-order valence-electron chi connectivity index (χ3n) is 4.17. The predicted octanol–water partition coefficient (Wildman–Crippen LogP) is 0.648. The summed E-state index contributed by atoms with van der Waals surface area (Å²) in [6.45, 7) is 2.05. The number of esters is 1. The molecule has 9 heteroatoms. The van der Waals surface area contributed by atoms with Crippen LogP contribution in [0, 0.1) is 5.92 Å². The Bertz CT molecular complexity index is 719. The third kappa shape index (κ3) is 3.04. The summed E-state index contributed by atoms with van der Waals surface area (Å²) in [4.78, 5) is 23.8. The molecule has 0 bridgehead atoms. The van der Waals surface area contributed by atoms with Crippen molar-refractivity contribution < 1.29 is 19.4 Å². The molecule has 0 saturated carbocycles. The second-order valence-electron chi connectivity index (χ2n) is 5.78. The van der Waals surface area contributed by atoms with E-state index < -0.39 is 6.23 Å². The van der Waals surface area contributed by atoms with Gasteiger partial charge in [0, 0.05) is 6.42 Å². The zero-order chi connectivity index (χ0) is 17.1. The molecule has 2 aromatic heterocycles. The zero-order valence-corrected chi connectivity index (χ0v) is 13.5. The Morgan fingerprint density at radius 2 is 2.29 bits per heavy atom. The first-order chi connectivity index (χ1) is 11.7. The van der Waals surface area contributed by atoms with E-state index in [1.807, 2.05) is 6.92 Å². The number of hydrogen-bond donors (Lipinski definition) is 2. The van der Waals surface area contributed by atoms with Crippen LogP contribution in [0.15, 0.2) is 12.7 Å². The average Bonchev–Trinajstić information content (AvgIpc) is 2.97. The van der Waals surface area contributed by atoms with E-state index in [4.69, 9.17) is 15.2 Å². The van der Waals surface area contributed by atoms with Crippen molar-refractivity contribution in [2.24, 2.45) is 5.92 Å². The van der Waals surface area contributed by atoms with Gasteiger partial charge in [0.05, 0.1) is 18.9 Å². The number of nitrogens with zero attached hydrogens (tertiary/aromatic N) is 4. The second kappa shape index (κ2) is 7.10. The van der Waals surface area contributed by atoms with Gasteiger partial charge in [-0.2, -0.15) is 0 Å². The number of imidazole rings is 1. The van der Waals surface area contributed by atoms with Crippen LogP contribution in [0.2, 0.25) is 0 Å². The summed E-state index contributed by atoms with van der Waals surface area (Å²) in [6.07, 6.45) is 4.30. The summed E-state index contributed by atoms with van der Waals surface area (Å²) < 4.78 is 12.7. The molecule has 0 aliphatic carbocycles. The van der Waals surface area contributed by atoms with E-state index in [9.17, 15) is 9.90 Å².